The molecular formula is C32H34N6O3. The molecule has 9 nitrogen and oxygen atoms in total. The number of ether oxygens (including phenoxy) is 2. The number of hydrogen-bond donors (Lipinski definition) is 0. The first-order valence-electron chi connectivity index (χ1n) is 14.5. The summed E-state index contributed by atoms with van der Waals surface area (Å²) in [4.78, 5) is 23.9. The molecule has 2 saturated heterocycles. The molecule has 0 radical (unpaired) electrons. The van der Waals surface area contributed by atoms with Crippen molar-refractivity contribution in [1.82, 2.24) is 29.0 Å². The maximum atomic E-state index is 11.5. The summed E-state index contributed by atoms with van der Waals surface area (Å²) in [5, 5.41) is 4.57. The number of likely N-dealkylation sites (tertiary alicyclic amines) is 1. The fraction of sp³-hybridized carbons (Fsp3) is 0.375. The molecule has 9 heteroatoms. The van der Waals surface area contributed by atoms with Crippen LogP contribution in [0.4, 0.5) is 0 Å². The highest BCUT2D eigenvalue weighted by Gasteiger charge is 2.30. The number of benzene rings is 1. The van der Waals surface area contributed by atoms with E-state index in [2.05, 4.69) is 27.6 Å². The second-order valence-electron chi connectivity index (χ2n) is 11.1. The highest BCUT2D eigenvalue weighted by molar-refractivity contribution is 5.85. The topological polar surface area (TPSA) is 86.8 Å². The largest absolute Gasteiger partial charge is 0.471 e. The maximum absolute atomic E-state index is 11.5. The summed E-state index contributed by atoms with van der Waals surface area (Å²) in [7, 11) is 0. The zero-order chi connectivity index (χ0) is 27.8. The van der Waals surface area contributed by atoms with Gasteiger partial charge in [-0.3, -0.25) is 9.69 Å². The van der Waals surface area contributed by atoms with Crippen LogP contribution in [0.15, 0.2) is 66.9 Å². The minimum atomic E-state index is 0.149. The van der Waals surface area contributed by atoms with Crippen LogP contribution in [0.25, 0.3) is 16.6 Å². The molecule has 0 amide bonds. The first-order valence-corrected chi connectivity index (χ1v) is 14.5. The van der Waals surface area contributed by atoms with Crippen LogP contribution in [0, 0.1) is 0 Å². The average Bonchev–Trinajstić information content (AvgIpc) is 3.58. The summed E-state index contributed by atoms with van der Waals surface area (Å²) in [6.07, 6.45) is 6.15. The van der Waals surface area contributed by atoms with Gasteiger partial charge in [-0.15, -0.1) is 0 Å². The highest BCUT2D eigenvalue weighted by Crippen LogP contribution is 2.34. The second-order valence-corrected chi connectivity index (χ2v) is 11.1. The van der Waals surface area contributed by atoms with E-state index < -0.39 is 0 Å². The highest BCUT2D eigenvalue weighted by atomic mass is 16.5. The molecule has 6 heterocycles. The predicted octanol–water partition coefficient (Wildman–Crippen LogP) is 5.20. The van der Waals surface area contributed by atoms with Crippen molar-refractivity contribution < 1.29 is 14.3 Å². The summed E-state index contributed by atoms with van der Waals surface area (Å²) in [5.41, 5.74) is 5.61. The van der Waals surface area contributed by atoms with Crippen LogP contribution < -0.4 is 4.74 Å². The van der Waals surface area contributed by atoms with Crippen LogP contribution in [0.1, 0.15) is 65.7 Å². The predicted molar refractivity (Wildman–Crippen MR) is 155 cm³/mol. The Balaban J connectivity index is 1.02. The van der Waals surface area contributed by atoms with Gasteiger partial charge in [0, 0.05) is 36.0 Å². The van der Waals surface area contributed by atoms with Gasteiger partial charge in [0.2, 0.25) is 5.88 Å². The lowest BCUT2D eigenvalue weighted by Crippen LogP contribution is -2.37. The third kappa shape index (κ3) is 5.23. The van der Waals surface area contributed by atoms with Gasteiger partial charge in [-0.05, 0) is 81.7 Å². The van der Waals surface area contributed by atoms with Gasteiger partial charge in [0.05, 0.1) is 35.2 Å². The molecular weight excluding hydrogens is 516 g/mol. The van der Waals surface area contributed by atoms with E-state index >= 15 is 0 Å². The molecule has 2 aliphatic rings. The van der Waals surface area contributed by atoms with Gasteiger partial charge in [-0.2, -0.15) is 5.10 Å². The lowest BCUT2D eigenvalue weighted by molar-refractivity contribution is -0.0594. The molecule has 1 aromatic carbocycles. The number of imidazole rings is 1. The number of aldehydes is 1. The van der Waals surface area contributed by atoms with Crippen LogP contribution in [-0.4, -0.2) is 61.1 Å². The van der Waals surface area contributed by atoms with E-state index in [0.29, 0.717) is 24.0 Å². The van der Waals surface area contributed by atoms with Gasteiger partial charge < -0.3 is 14.0 Å². The number of nitrogens with zero attached hydrogens (tertiary/aromatic N) is 6. The quantitative estimate of drug-likeness (QED) is 0.233. The first kappa shape index (κ1) is 25.9. The van der Waals surface area contributed by atoms with E-state index in [0.717, 1.165) is 85.6 Å². The smallest absolute Gasteiger partial charge is 0.213 e. The fourth-order valence-electron chi connectivity index (χ4n) is 6.07. The molecule has 0 bridgehead atoms. The number of carbonyl (C=O) groups is 1. The minimum Gasteiger partial charge on any atom is -0.471 e. The minimum absolute atomic E-state index is 0.149. The second kappa shape index (κ2) is 11.1. The Morgan fingerprint density at radius 1 is 1.05 bits per heavy atom. The Bertz CT molecular complexity index is 1650. The summed E-state index contributed by atoms with van der Waals surface area (Å²) in [6.45, 7) is 6.13. The van der Waals surface area contributed by atoms with Crippen LogP contribution in [-0.2, 0) is 17.9 Å². The van der Waals surface area contributed by atoms with Crippen molar-refractivity contribution in [1.29, 1.82) is 0 Å². The zero-order valence-electron chi connectivity index (χ0n) is 23.2. The number of carbonyl (C=O) groups excluding carboxylic acids is 1. The molecule has 2 atom stereocenters. The summed E-state index contributed by atoms with van der Waals surface area (Å²) in [6, 6.07) is 20.0. The Morgan fingerprint density at radius 3 is 2.71 bits per heavy atom. The van der Waals surface area contributed by atoms with Crippen molar-refractivity contribution in [3.8, 4) is 5.88 Å². The van der Waals surface area contributed by atoms with Crippen LogP contribution in [0.5, 0.6) is 5.88 Å². The Morgan fingerprint density at radius 2 is 1.93 bits per heavy atom. The molecule has 2 unspecified atom stereocenters. The van der Waals surface area contributed by atoms with Gasteiger partial charge >= 0.3 is 0 Å². The summed E-state index contributed by atoms with van der Waals surface area (Å²) in [5.74, 6) is 2.06. The molecule has 5 aromatic rings. The Labute approximate surface area is 238 Å². The third-order valence-corrected chi connectivity index (χ3v) is 8.52. The van der Waals surface area contributed by atoms with E-state index in [-0.39, 0.29) is 12.1 Å². The number of piperidine rings is 1. The van der Waals surface area contributed by atoms with Gasteiger partial charge in [0.25, 0.3) is 0 Å². The normalized spacial score (nSPS) is 18.9. The lowest BCUT2D eigenvalue weighted by atomic mass is 9.92. The van der Waals surface area contributed by atoms with Crippen molar-refractivity contribution >= 4 is 22.8 Å². The lowest BCUT2D eigenvalue weighted by Gasteiger charge is -2.36. The number of hydrogen-bond acceptors (Lipinski definition) is 7. The van der Waals surface area contributed by atoms with Crippen LogP contribution >= 0.6 is 0 Å². The van der Waals surface area contributed by atoms with Gasteiger partial charge in [0.1, 0.15) is 24.4 Å². The number of rotatable bonds is 9. The monoisotopic (exact) mass is 550 g/mol. The van der Waals surface area contributed by atoms with E-state index in [4.69, 9.17) is 19.4 Å². The maximum Gasteiger partial charge on any atom is 0.213 e. The molecule has 7 rings (SSSR count). The Kier molecular flexibility index (Phi) is 6.98. The molecule has 4 aromatic heterocycles. The number of aromatic nitrogens is 5. The summed E-state index contributed by atoms with van der Waals surface area (Å²) < 4.78 is 15.9. The average molecular weight is 551 g/mol. The standard InChI is InChI=1S/C32H34N6O3/c1-22(32-34-29-9-8-23(20-39)17-30(29)37(32)19-27-12-16-40-27)36-14-10-24(11-15-36)28-6-4-7-31(33-28)41-21-25-18-26-5-2-3-13-38(26)35-25/h2-9,13,17-18,20,22,24,27H,10-12,14-16,19,21H2,1H3. The van der Waals surface area contributed by atoms with Gasteiger partial charge in [-0.25, -0.2) is 14.5 Å². The Hall–Kier alpha value is -4.08. The number of fused-ring (bicyclic) bond motifs is 2. The third-order valence-electron chi connectivity index (χ3n) is 8.52. The van der Waals surface area contributed by atoms with Gasteiger partial charge in [0.15, 0.2) is 0 Å². The summed E-state index contributed by atoms with van der Waals surface area (Å²) >= 11 is 0. The SMILES string of the molecule is CC(c1nc2ccc(C=O)cc2n1CC1CCO1)N1CCC(c2cccc(OCc3cc4ccccn4n3)n2)CC1. The molecule has 0 aliphatic carbocycles. The van der Waals surface area contributed by atoms with Crippen molar-refractivity contribution in [2.45, 2.75) is 57.4 Å². The molecule has 41 heavy (non-hydrogen) atoms. The van der Waals surface area contributed by atoms with E-state index in [1.807, 2.05) is 65.3 Å². The first-order chi connectivity index (χ1) is 20.1. The molecule has 2 aliphatic heterocycles. The van der Waals surface area contributed by atoms with E-state index in [9.17, 15) is 4.79 Å². The van der Waals surface area contributed by atoms with Crippen molar-refractivity contribution in [2.24, 2.45) is 0 Å². The molecule has 210 valence electrons. The van der Waals surface area contributed by atoms with Crippen molar-refractivity contribution in [2.75, 3.05) is 19.7 Å². The fourth-order valence-corrected chi connectivity index (χ4v) is 6.07. The molecule has 2 fully saturated rings. The van der Waals surface area contributed by atoms with E-state index in [1.165, 1.54) is 0 Å². The number of pyridine rings is 2. The van der Waals surface area contributed by atoms with E-state index in [1.54, 1.807) is 0 Å². The molecule has 0 saturated carbocycles. The van der Waals surface area contributed by atoms with Crippen molar-refractivity contribution in [3.05, 3.63) is 89.6 Å². The van der Waals surface area contributed by atoms with Crippen molar-refractivity contribution in [3.63, 3.8) is 0 Å². The van der Waals surface area contributed by atoms with Crippen LogP contribution in [0.2, 0.25) is 0 Å². The molecule has 0 spiro atoms. The zero-order valence-corrected chi connectivity index (χ0v) is 23.2. The van der Waals surface area contributed by atoms with Gasteiger partial charge in [-0.1, -0.05) is 12.1 Å². The van der Waals surface area contributed by atoms with Crippen LogP contribution in [0.3, 0.4) is 0 Å². The molecule has 0 N–H and O–H groups in total.